The Morgan fingerprint density at radius 1 is 1.16 bits per heavy atom. The smallest absolute Gasteiger partial charge is 0.410 e. The first-order valence-corrected chi connectivity index (χ1v) is 14.4. The molecule has 0 aliphatic carbocycles. The first kappa shape index (κ1) is 29.9. The number of hydrogen-bond acceptors (Lipinski definition) is 8. The lowest BCUT2D eigenvalue weighted by atomic mass is 9.93. The average molecular weight is 587 g/mol. The SMILES string of the molecule is CC(C)(C)OC(=O)N1C[C@@H](CCCNc2cccc(S(=O)(=O)NC(=O)c3ccc(Cl)nc3Cl)n2)CC1(C)C. The topological polar surface area (TPSA) is 131 Å². The maximum atomic E-state index is 12.7. The molecule has 10 nitrogen and oxygen atoms in total. The number of pyridine rings is 2. The van der Waals surface area contributed by atoms with Gasteiger partial charge in [0.2, 0.25) is 0 Å². The number of anilines is 1. The molecule has 38 heavy (non-hydrogen) atoms. The highest BCUT2D eigenvalue weighted by atomic mass is 35.5. The number of aromatic nitrogens is 2. The van der Waals surface area contributed by atoms with E-state index in [9.17, 15) is 18.0 Å². The number of amides is 2. The molecule has 1 saturated heterocycles. The summed E-state index contributed by atoms with van der Waals surface area (Å²) in [6.45, 7) is 10.8. The van der Waals surface area contributed by atoms with Crippen molar-refractivity contribution in [2.45, 2.75) is 70.0 Å². The van der Waals surface area contributed by atoms with Crippen molar-refractivity contribution in [3.63, 3.8) is 0 Å². The number of rotatable bonds is 8. The van der Waals surface area contributed by atoms with Crippen molar-refractivity contribution in [3.05, 3.63) is 46.2 Å². The Bertz CT molecular complexity index is 1300. The third-order valence-electron chi connectivity index (χ3n) is 5.95. The highest BCUT2D eigenvalue weighted by Crippen LogP contribution is 2.36. The lowest BCUT2D eigenvalue weighted by Gasteiger charge is -2.33. The zero-order valence-electron chi connectivity index (χ0n) is 22.0. The van der Waals surface area contributed by atoms with Crippen LogP contribution < -0.4 is 10.0 Å². The summed E-state index contributed by atoms with van der Waals surface area (Å²) in [7, 11) is -4.26. The summed E-state index contributed by atoms with van der Waals surface area (Å²) in [5.41, 5.74) is -0.969. The minimum absolute atomic E-state index is 0.0758. The fraction of sp³-hybridized carbons (Fsp3) is 0.520. The molecule has 208 valence electrons. The molecule has 0 unspecified atom stereocenters. The number of nitrogens with one attached hydrogen (secondary N) is 2. The van der Waals surface area contributed by atoms with E-state index in [0.29, 0.717) is 24.8 Å². The third-order valence-corrected chi connectivity index (χ3v) is 7.68. The normalized spacial score (nSPS) is 17.2. The van der Waals surface area contributed by atoms with Crippen molar-refractivity contribution >= 4 is 51.0 Å². The Hall–Kier alpha value is -2.63. The van der Waals surface area contributed by atoms with E-state index in [1.807, 2.05) is 39.3 Å². The first-order chi connectivity index (χ1) is 17.6. The van der Waals surface area contributed by atoms with Gasteiger partial charge in [-0.25, -0.2) is 19.5 Å². The molecule has 2 aromatic rings. The number of nitrogens with zero attached hydrogens (tertiary/aromatic N) is 3. The van der Waals surface area contributed by atoms with Gasteiger partial charge in [0.15, 0.2) is 5.03 Å². The Morgan fingerprint density at radius 3 is 2.53 bits per heavy atom. The number of ether oxygens (including phenoxy) is 1. The van der Waals surface area contributed by atoms with Gasteiger partial charge in [0.25, 0.3) is 15.9 Å². The van der Waals surface area contributed by atoms with E-state index in [-0.39, 0.29) is 32.5 Å². The van der Waals surface area contributed by atoms with Gasteiger partial charge in [0, 0.05) is 18.6 Å². The molecule has 0 aromatic carbocycles. The van der Waals surface area contributed by atoms with Gasteiger partial charge in [-0.2, -0.15) is 8.42 Å². The molecule has 0 bridgehead atoms. The Kier molecular flexibility index (Phi) is 9.16. The lowest BCUT2D eigenvalue weighted by molar-refractivity contribution is 0.0130. The summed E-state index contributed by atoms with van der Waals surface area (Å²) in [6.07, 6.45) is 2.23. The van der Waals surface area contributed by atoms with Gasteiger partial charge in [-0.15, -0.1) is 0 Å². The Morgan fingerprint density at radius 2 is 1.87 bits per heavy atom. The Balaban J connectivity index is 1.53. The van der Waals surface area contributed by atoms with E-state index < -0.39 is 21.5 Å². The maximum Gasteiger partial charge on any atom is 0.410 e. The highest BCUT2D eigenvalue weighted by molar-refractivity contribution is 7.90. The molecule has 1 atom stereocenters. The second kappa shape index (κ2) is 11.6. The Labute approximate surface area is 233 Å². The van der Waals surface area contributed by atoms with E-state index in [1.165, 1.54) is 24.3 Å². The van der Waals surface area contributed by atoms with E-state index in [4.69, 9.17) is 27.9 Å². The summed E-state index contributed by atoms with van der Waals surface area (Å²) in [6, 6.07) is 7.08. The van der Waals surface area contributed by atoms with Crippen LogP contribution in [0.3, 0.4) is 0 Å². The van der Waals surface area contributed by atoms with Gasteiger partial charge in [-0.3, -0.25) is 4.79 Å². The van der Waals surface area contributed by atoms with Crippen LogP contribution >= 0.6 is 23.2 Å². The van der Waals surface area contributed by atoms with Gasteiger partial charge in [0.05, 0.1) is 5.56 Å². The van der Waals surface area contributed by atoms with Crippen molar-refractivity contribution in [2.24, 2.45) is 5.92 Å². The van der Waals surface area contributed by atoms with Crippen LogP contribution in [0.2, 0.25) is 10.3 Å². The summed E-state index contributed by atoms with van der Waals surface area (Å²) in [5.74, 6) is -0.267. The predicted molar refractivity (Wildman–Crippen MR) is 146 cm³/mol. The summed E-state index contributed by atoms with van der Waals surface area (Å²) in [5, 5.41) is 2.67. The van der Waals surface area contributed by atoms with Gasteiger partial charge in [-0.1, -0.05) is 29.3 Å². The molecule has 1 fully saturated rings. The number of halogens is 2. The molecule has 2 amide bonds. The fourth-order valence-corrected chi connectivity index (χ4v) is 5.66. The van der Waals surface area contributed by atoms with Crippen LogP contribution in [-0.4, -0.2) is 59.5 Å². The zero-order valence-corrected chi connectivity index (χ0v) is 24.4. The molecule has 1 aliphatic rings. The highest BCUT2D eigenvalue weighted by Gasteiger charge is 2.42. The molecule has 0 radical (unpaired) electrons. The van der Waals surface area contributed by atoms with Crippen LogP contribution in [0.4, 0.5) is 10.6 Å². The van der Waals surface area contributed by atoms with Gasteiger partial charge >= 0.3 is 6.09 Å². The van der Waals surface area contributed by atoms with E-state index >= 15 is 0 Å². The number of likely N-dealkylation sites (tertiary alicyclic amines) is 1. The number of carbonyl (C=O) groups excluding carboxylic acids is 2. The number of hydrogen-bond donors (Lipinski definition) is 2. The number of sulfonamides is 1. The minimum atomic E-state index is -4.26. The monoisotopic (exact) mass is 585 g/mol. The summed E-state index contributed by atoms with van der Waals surface area (Å²) in [4.78, 5) is 34.7. The van der Waals surface area contributed by atoms with Crippen molar-refractivity contribution in [1.82, 2.24) is 19.6 Å². The molecule has 1 aliphatic heterocycles. The molecule has 2 aromatic heterocycles. The average Bonchev–Trinajstić information content (AvgIpc) is 3.09. The first-order valence-electron chi connectivity index (χ1n) is 12.2. The number of carbonyl (C=O) groups is 2. The molecule has 2 N–H and O–H groups in total. The third kappa shape index (κ3) is 7.94. The van der Waals surface area contributed by atoms with Crippen LogP contribution in [0.1, 0.15) is 64.2 Å². The van der Waals surface area contributed by atoms with Crippen LogP contribution in [-0.2, 0) is 14.8 Å². The molecule has 3 rings (SSSR count). The molecule has 0 spiro atoms. The van der Waals surface area contributed by atoms with Gasteiger partial charge < -0.3 is 15.0 Å². The van der Waals surface area contributed by atoms with Crippen molar-refractivity contribution in [2.75, 3.05) is 18.4 Å². The lowest BCUT2D eigenvalue weighted by Crippen LogP contribution is -2.45. The minimum Gasteiger partial charge on any atom is -0.444 e. The van der Waals surface area contributed by atoms with Gasteiger partial charge in [0.1, 0.15) is 21.7 Å². The maximum absolute atomic E-state index is 12.7. The molecule has 13 heteroatoms. The van der Waals surface area contributed by atoms with Crippen LogP contribution in [0.15, 0.2) is 35.4 Å². The van der Waals surface area contributed by atoms with E-state index in [2.05, 4.69) is 15.3 Å². The van der Waals surface area contributed by atoms with Crippen molar-refractivity contribution in [1.29, 1.82) is 0 Å². The summed E-state index contributed by atoms with van der Waals surface area (Å²) >= 11 is 11.6. The van der Waals surface area contributed by atoms with Crippen LogP contribution in [0.25, 0.3) is 0 Å². The second-order valence-electron chi connectivity index (χ2n) is 10.8. The molecular formula is C25H33Cl2N5O5S. The second-order valence-corrected chi connectivity index (χ2v) is 13.2. The van der Waals surface area contributed by atoms with E-state index in [1.54, 1.807) is 11.0 Å². The van der Waals surface area contributed by atoms with E-state index in [0.717, 1.165) is 19.3 Å². The quantitative estimate of drug-likeness (QED) is 0.322. The molecular weight excluding hydrogens is 553 g/mol. The largest absolute Gasteiger partial charge is 0.444 e. The summed E-state index contributed by atoms with van der Waals surface area (Å²) < 4.78 is 33.0. The molecule has 3 heterocycles. The van der Waals surface area contributed by atoms with Crippen LogP contribution in [0, 0.1) is 5.92 Å². The van der Waals surface area contributed by atoms with Crippen molar-refractivity contribution in [3.8, 4) is 0 Å². The standard InChI is InChI=1S/C25H33Cl2N5O5S/c1-24(2,3)37-23(34)32-15-16(14-25(32,4)5)8-7-13-28-19-9-6-10-20(30-19)38(35,36)31-22(33)17-11-12-18(26)29-21(17)27/h6,9-12,16H,7-8,13-15H2,1-5H3,(H,28,30)(H,31,33)/t16-/m0/s1. The fourth-order valence-electron chi connectivity index (χ4n) is 4.30. The van der Waals surface area contributed by atoms with Crippen LogP contribution in [0.5, 0.6) is 0 Å². The molecule has 0 saturated carbocycles. The van der Waals surface area contributed by atoms with Crippen molar-refractivity contribution < 1.29 is 22.7 Å². The predicted octanol–water partition coefficient (Wildman–Crippen LogP) is 5.13. The van der Waals surface area contributed by atoms with Gasteiger partial charge in [-0.05, 0) is 84.1 Å². The zero-order chi connectivity index (χ0) is 28.3.